The number of ether oxygens (including phenoxy) is 1. The largest absolute Gasteiger partial charge is 0.478 e. The number of amides is 2. The molecular weight excluding hydrogens is 340 g/mol. The van der Waals surface area contributed by atoms with Gasteiger partial charge in [-0.2, -0.15) is 0 Å². The van der Waals surface area contributed by atoms with Crippen molar-refractivity contribution >= 4 is 33.6 Å². The highest BCUT2D eigenvalue weighted by atomic mass is 79.9. The van der Waals surface area contributed by atoms with Gasteiger partial charge in [-0.3, -0.25) is 0 Å². The third kappa shape index (κ3) is 5.35. The lowest BCUT2D eigenvalue weighted by molar-refractivity contribution is 0.0697. The smallest absolute Gasteiger partial charge is 0.335 e. The molecule has 1 aromatic rings. The van der Waals surface area contributed by atoms with Crippen LogP contribution in [0.5, 0.6) is 0 Å². The van der Waals surface area contributed by atoms with Crippen molar-refractivity contribution in [2.75, 3.05) is 19.0 Å². The minimum Gasteiger partial charge on any atom is -0.478 e. The maximum absolute atomic E-state index is 12.0. The van der Waals surface area contributed by atoms with Crippen molar-refractivity contribution in [3.8, 4) is 0 Å². The van der Waals surface area contributed by atoms with E-state index in [1.54, 1.807) is 13.2 Å². The molecule has 1 atom stereocenters. The fourth-order valence-electron chi connectivity index (χ4n) is 1.66. The topological polar surface area (TPSA) is 87.7 Å². The number of benzene rings is 1. The molecule has 21 heavy (non-hydrogen) atoms. The molecule has 0 aromatic heterocycles. The van der Waals surface area contributed by atoms with E-state index in [4.69, 9.17) is 9.84 Å². The predicted molar refractivity (Wildman–Crippen MR) is 83.8 cm³/mol. The van der Waals surface area contributed by atoms with Crippen molar-refractivity contribution in [2.45, 2.75) is 19.9 Å². The lowest BCUT2D eigenvalue weighted by Crippen LogP contribution is -2.43. The number of aromatic carboxylic acids is 1. The van der Waals surface area contributed by atoms with Crippen LogP contribution in [0, 0.1) is 5.92 Å². The van der Waals surface area contributed by atoms with E-state index in [1.807, 2.05) is 13.8 Å². The van der Waals surface area contributed by atoms with E-state index in [2.05, 4.69) is 26.6 Å². The van der Waals surface area contributed by atoms with E-state index >= 15 is 0 Å². The highest BCUT2D eigenvalue weighted by Gasteiger charge is 2.17. The Labute approximate surface area is 132 Å². The number of urea groups is 1. The monoisotopic (exact) mass is 358 g/mol. The van der Waals surface area contributed by atoms with Gasteiger partial charge in [-0.25, -0.2) is 9.59 Å². The lowest BCUT2D eigenvalue weighted by atomic mass is 10.1. The second-order valence-electron chi connectivity index (χ2n) is 4.90. The number of methoxy groups -OCH3 is 1. The molecule has 0 aliphatic carbocycles. The summed E-state index contributed by atoms with van der Waals surface area (Å²) in [6, 6.07) is 3.89. The fraction of sp³-hybridized carbons (Fsp3) is 0.429. The van der Waals surface area contributed by atoms with Crippen LogP contribution < -0.4 is 10.6 Å². The van der Waals surface area contributed by atoms with Gasteiger partial charge < -0.3 is 20.5 Å². The first-order chi connectivity index (χ1) is 9.85. The average Bonchev–Trinajstić information content (AvgIpc) is 2.40. The number of halogens is 1. The van der Waals surface area contributed by atoms with Crippen molar-refractivity contribution in [3.05, 3.63) is 28.2 Å². The van der Waals surface area contributed by atoms with Gasteiger partial charge in [0.05, 0.1) is 23.9 Å². The Balaban J connectivity index is 2.78. The Morgan fingerprint density at radius 1 is 1.38 bits per heavy atom. The van der Waals surface area contributed by atoms with Crippen LogP contribution in [0.4, 0.5) is 10.5 Å². The lowest BCUT2D eigenvalue weighted by Gasteiger charge is -2.22. The van der Waals surface area contributed by atoms with Crippen LogP contribution in [0.15, 0.2) is 22.7 Å². The van der Waals surface area contributed by atoms with Gasteiger partial charge in [0.2, 0.25) is 0 Å². The van der Waals surface area contributed by atoms with E-state index in [9.17, 15) is 9.59 Å². The molecule has 7 heteroatoms. The number of nitrogens with one attached hydrogen (secondary N) is 2. The van der Waals surface area contributed by atoms with E-state index in [-0.39, 0.29) is 17.5 Å². The first-order valence-electron chi connectivity index (χ1n) is 6.44. The molecule has 1 rings (SSSR count). The summed E-state index contributed by atoms with van der Waals surface area (Å²) in [5.74, 6) is -0.838. The van der Waals surface area contributed by atoms with Gasteiger partial charge in [-0.05, 0) is 40.0 Å². The van der Waals surface area contributed by atoms with Crippen LogP contribution >= 0.6 is 15.9 Å². The summed E-state index contributed by atoms with van der Waals surface area (Å²) in [5.41, 5.74) is 0.498. The highest BCUT2D eigenvalue weighted by molar-refractivity contribution is 9.10. The van der Waals surface area contributed by atoms with Gasteiger partial charge in [0.15, 0.2) is 0 Å². The van der Waals surface area contributed by atoms with E-state index in [0.29, 0.717) is 16.8 Å². The van der Waals surface area contributed by atoms with Gasteiger partial charge in [0.1, 0.15) is 0 Å². The maximum Gasteiger partial charge on any atom is 0.335 e. The van der Waals surface area contributed by atoms with Gasteiger partial charge in [-0.15, -0.1) is 0 Å². The number of hydrogen-bond donors (Lipinski definition) is 3. The summed E-state index contributed by atoms with van der Waals surface area (Å²) >= 11 is 3.27. The molecule has 0 bridgehead atoms. The maximum atomic E-state index is 12.0. The number of carboxylic acids is 1. The van der Waals surface area contributed by atoms with Crippen molar-refractivity contribution in [1.82, 2.24) is 5.32 Å². The molecule has 6 nitrogen and oxygen atoms in total. The first kappa shape index (κ1) is 17.5. The van der Waals surface area contributed by atoms with Crippen molar-refractivity contribution in [2.24, 2.45) is 5.92 Å². The Kier molecular flexibility index (Phi) is 6.64. The molecule has 0 radical (unpaired) electrons. The minimum absolute atomic E-state index is 0.103. The number of rotatable bonds is 6. The quantitative estimate of drug-likeness (QED) is 0.729. The normalized spacial score (nSPS) is 12.0. The SMILES string of the molecule is COCC(NC(=O)Nc1cc(C(=O)O)ccc1Br)C(C)C. The van der Waals surface area contributed by atoms with Gasteiger partial charge in [0, 0.05) is 11.6 Å². The third-order valence-corrected chi connectivity index (χ3v) is 3.62. The zero-order valence-electron chi connectivity index (χ0n) is 12.1. The number of hydrogen-bond acceptors (Lipinski definition) is 3. The number of carbonyl (C=O) groups excluding carboxylic acids is 1. The van der Waals surface area contributed by atoms with Crippen LogP contribution in [0.2, 0.25) is 0 Å². The highest BCUT2D eigenvalue weighted by Crippen LogP contribution is 2.23. The second-order valence-corrected chi connectivity index (χ2v) is 5.76. The fourth-order valence-corrected chi connectivity index (χ4v) is 2.01. The zero-order chi connectivity index (χ0) is 16.0. The Morgan fingerprint density at radius 3 is 2.57 bits per heavy atom. The molecule has 1 unspecified atom stereocenters. The molecule has 0 saturated carbocycles. The van der Waals surface area contributed by atoms with Gasteiger partial charge in [-0.1, -0.05) is 13.8 Å². The van der Waals surface area contributed by atoms with Crippen molar-refractivity contribution in [3.63, 3.8) is 0 Å². The molecule has 116 valence electrons. The first-order valence-corrected chi connectivity index (χ1v) is 7.23. The van der Waals surface area contributed by atoms with Crippen molar-refractivity contribution in [1.29, 1.82) is 0 Å². The molecule has 0 spiro atoms. The molecule has 0 fully saturated rings. The summed E-state index contributed by atoms with van der Waals surface area (Å²) in [5, 5.41) is 14.4. The molecule has 3 N–H and O–H groups in total. The van der Waals surface area contributed by atoms with Gasteiger partial charge >= 0.3 is 12.0 Å². The standard InChI is InChI=1S/C14H19BrN2O4/c1-8(2)12(7-21-3)17-14(20)16-11-6-9(13(18)19)4-5-10(11)15/h4-6,8,12H,7H2,1-3H3,(H,18,19)(H2,16,17,20). The van der Waals surface area contributed by atoms with Crippen LogP contribution in [-0.4, -0.2) is 36.9 Å². The zero-order valence-corrected chi connectivity index (χ0v) is 13.7. The molecule has 1 aromatic carbocycles. The molecular formula is C14H19BrN2O4. The number of anilines is 1. The summed E-state index contributed by atoms with van der Waals surface area (Å²) in [7, 11) is 1.57. The Bertz CT molecular complexity index is 520. The molecule has 0 heterocycles. The second kappa shape index (κ2) is 7.99. The van der Waals surface area contributed by atoms with Crippen LogP contribution in [-0.2, 0) is 4.74 Å². The van der Waals surface area contributed by atoms with E-state index in [0.717, 1.165) is 0 Å². The molecule has 0 saturated heterocycles. The van der Waals surface area contributed by atoms with Crippen LogP contribution in [0.1, 0.15) is 24.2 Å². The van der Waals surface area contributed by atoms with Crippen molar-refractivity contribution < 1.29 is 19.4 Å². The van der Waals surface area contributed by atoms with Crippen LogP contribution in [0.3, 0.4) is 0 Å². The van der Waals surface area contributed by atoms with Gasteiger partial charge in [0.25, 0.3) is 0 Å². The van der Waals surface area contributed by atoms with Crippen LogP contribution in [0.25, 0.3) is 0 Å². The molecule has 0 aliphatic rings. The Hall–Kier alpha value is -1.60. The number of carboxylic acid groups (broad SMARTS) is 1. The summed E-state index contributed by atoms with van der Waals surface area (Å²) in [6.45, 7) is 4.36. The third-order valence-electron chi connectivity index (χ3n) is 2.93. The van der Waals surface area contributed by atoms with E-state index in [1.165, 1.54) is 12.1 Å². The number of carbonyl (C=O) groups is 2. The van der Waals surface area contributed by atoms with E-state index < -0.39 is 12.0 Å². The Morgan fingerprint density at radius 2 is 2.05 bits per heavy atom. The average molecular weight is 359 g/mol. The summed E-state index contributed by atoms with van der Waals surface area (Å²) < 4.78 is 5.67. The summed E-state index contributed by atoms with van der Waals surface area (Å²) in [6.07, 6.45) is 0. The minimum atomic E-state index is -1.05. The molecule has 0 aliphatic heterocycles. The summed E-state index contributed by atoms with van der Waals surface area (Å²) in [4.78, 5) is 22.9. The predicted octanol–water partition coefficient (Wildman–Crippen LogP) is 2.94. The molecule has 2 amide bonds.